The smallest absolute Gasteiger partial charge is 0.335 e. The third kappa shape index (κ3) is 2.58. The van der Waals surface area contributed by atoms with Gasteiger partial charge in [-0.15, -0.1) is 6.42 Å². The van der Waals surface area contributed by atoms with E-state index in [-0.39, 0.29) is 16.2 Å². The minimum Gasteiger partial charge on any atom is -0.478 e. The highest BCUT2D eigenvalue weighted by atomic mass is 32.2. The van der Waals surface area contributed by atoms with Crippen LogP contribution in [-0.2, 0) is 9.84 Å². The second kappa shape index (κ2) is 4.15. The molecule has 0 radical (unpaired) electrons. The van der Waals surface area contributed by atoms with Gasteiger partial charge in [0.15, 0.2) is 9.84 Å². The maximum Gasteiger partial charge on any atom is 0.335 e. The summed E-state index contributed by atoms with van der Waals surface area (Å²) in [6.07, 6.45) is 4.91. The molecule has 0 saturated carbocycles. The Labute approximate surface area is 87.5 Å². The summed E-state index contributed by atoms with van der Waals surface area (Å²) < 4.78 is 22.8. The van der Waals surface area contributed by atoms with Crippen LogP contribution in [0.15, 0.2) is 29.2 Å². The van der Waals surface area contributed by atoms with Gasteiger partial charge in [0.25, 0.3) is 0 Å². The summed E-state index contributed by atoms with van der Waals surface area (Å²) in [4.78, 5) is 10.5. The van der Waals surface area contributed by atoms with Crippen molar-refractivity contribution < 1.29 is 18.3 Å². The van der Waals surface area contributed by atoms with Crippen molar-refractivity contribution in [3.8, 4) is 12.3 Å². The summed E-state index contributed by atoms with van der Waals surface area (Å²) in [5, 5.41) is 8.60. The number of carboxylic acid groups (broad SMARTS) is 1. The Bertz CT molecular complexity index is 505. The van der Waals surface area contributed by atoms with Crippen LogP contribution in [-0.4, -0.2) is 25.2 Å². The molecule has 0 atom stereocenters. The zero-order valence-electron chi connectivity index (χ0n) is 7.67. The first-order valence-electron chi connectivity index (χ1n) is 3.97. The molecule has 0 aromatic heterocycles. The zero-order valence-corrected chi connectivity index (χ0v) is 8.49. The molecule has 4 nitrogen and oxygen atoms in total. The van der Waals surface area contributed by atoms with E-state index < -0.39 is 15.8 Å². The lowest BCUT2D eigenvalue weighted by Crippen LogP contribution is -2.05. The Morgan fingerprint density at radius 1 is 1.33 bits per heavy atom. The van der Waals surface area contributed by atoms with E-state index in [0.29, 0.717) is 0 Å². The Balaban J connectivity index is 3.11. The van der Waals surface area contributed by atoms with E-state index in [9.17, 15) is 13.2 Å². The Morgan fingerprint density at radius 2 is 1.87 bits per heavy atom. The van der Waals surface area contributed by atoms with Gasteiger partial charge in [-0.3, -0.25) is 0 Å². The average molecular weight is 224 g/mol. The quantitative estimate of drug-likeness (QED) is 0.770. The van der Waals surface area contributed by atoms with Crippen molar-refractivity contribution in [2.75, 3.05) is 5.75 Å². The maximum absolute atomic E-state index is 11.4. The first kappa shape index (κ1) is 11.3. The molecule has 1 aromatic rings. The third-order valence-corrected chi connectivity index (χ3v) is 3.27. The summed E-state index contributed by atoms with van der Waals surface area (Å²) in [5.74, 6) is 0.549. The van der Waals surface area contributed by atoms with Crippen molar-refractivity contribution in [2.24, 2.45) is 0 Å². The fourth-order valence-electron chi connectivity index (χ4n) is 0.998. The highest BCUT2D eigenvalue weighted by Crippen LogP contribution is 2.12. The molecule has 0 saturated heterocycles. The van der Waals surface area contributed by atoms with Crippen LogP contribution in [0, 0.1) is 12.3 Å². The lowest BCUT2D eigenvalue weighted by Gasteiger charge is -2.00. The highest BCUT2D eigenvalue weighted by Gasteiger charge is 2.13. The van der Waals surface area contributed by atoms with Gasteiger partial charge in [-0.2, -0.15) is 0 Å². The summed E-state index contributed by atoms with van der Waals surface area (Å²) in [5.41, 5.74) is 0.0367. The number of carboxylic acids is 1. The molecular weight excluding hydrogens is 216 g/mol. The van der Waals surface area contributed by atoms with E-state index in [1.807, 2.05) is 5.92 Å². The largest absolute Gasteiger partial charge is 0.478 e. The lowest BCUT2D eigenvalue weighted by molar-refractivity contribution is 0.0697. The predicted octanol–water partition coefficient (Wildman–Crippen LogP) is 0.792. The van der Waals surface area contributed by atoms with Gasteiger partial charge < -0.3 is 5.11 Å². The Morgan fingerprint density at radius 3 is 2.27 bits per heavy atom. The van der Waals surface area contributed by atoms with Crippen molar-refractivity contribution >= 4 is 15.8 Å². The molecule has 0 spiro atoms. The third-order valence-electron chi connectivity index (χ3n) is 1.73. The van der Waals surface area contributed by atoms with E-state index in [4.69, 9.17) is 11.5 Å². The summed E-state index contributed by atoms with van der Waals surface area (Å²) >= 11 is 0. The molecule has 15 heavy (non-hydrogen) atoms. The Hall–Kier alpha value is -1.80. The van der Waals surface area contributed by atoms with Gasteiger partial charge in [0, 0.05) is 0 Å². The topological polar surface area (TPSA) is 71.4 Å². The first-order valence-corrected chi connectivity index (χ1v) is 5.62. The lowest BCUT2D eigenvalue weighted by atomic mass is 10.2. The van der Waals surface area contributed by atoms with Gasteiger partial charge in [0.1, 0.15) is 5.75 Å². The zero-order chi connectivity index (χ0) is 11.5. The molecule has 0 heterocycles. The van der Waals surface area contributed by atoms with Gasteiger partial charge in [-0.05, 0) is 24.3 Å². The minimum atomic E-state index is -3.48. The van der Waals surface area contributed by atoms with Crippen molar-refractivity contribution in [3.63, 3.8) is 0 Å². The molecule has 0 bridgehead atoms. The van der Waals surface area contributed by atoms with E-state index in [1.165, 1.54) is 24.3 Å². The van der Waals surface area contributed by atoms with E-state index in [0.717, 1.165) is 0 Å². The predicted molar refractivity (Wildman–Crippen MR) is 54.3 cm³/mol. The number of hydrogen-bond acceptors (Lipinski definition) is 3. The van der Waals surface area contributed by atoms with Crippen LogP contribution in [0.3, 0.4) is 0 Å². The maximum atomic E-state index is 11.4. The minimum absolute atomic E-state index is 0.0328. The number of rotatable bonds is 3. The Kier molecular flexibility index (Phi) is 3.12. The number of hydrogen-bond donors (Lipinski definition) is 1. The van der Waals surface area contributed by atoms with Crippen LogP contribution in [0.4, 0.5) is 0 Å². The normalized spacial score (nSPS) is 10.6. The van der Waals surface area contributed by atoms with Crippen LogP contribution >= 0.6 is 0 Å². The molecular formula is C10H8O4S. The molecule has 0 aliphatic rings. The van der Waals surface area contributed by atoms with Gasteiger partial charge in [0.05, 0.1) is 10.5 Å². The first-order chi connectivity index (χ1) is 6.97. The molecule has 1 rings (SSSR count). The molecule has 1 N–H and O–H groups in total. The molecule has 1 aromatic carbocycles. The molecule has 78 valence electrons. The summed E-state index contributed by atoms with van der Waals surface area (Å²) in [7, 11) is -3.48. The average Bonchev–Trinajstić information content (AvgIpc) is 2.18. The van der Waals surface area contributed by atoms with Gasteiger partial charge in [-0.1, -0.05) is 5.92 Å². The SMILES string of the molecule is C#CCS(=O)(=O)c1ccc(C(=O)O)cc1. The molecule has 0 aliphatic heterocycles. The van der Waals surface area contributed by atoms with Crippen LogP contribution in [0.2, 0.25) is 0 Å². The standard InChI is InChI=1S/C10H8O4S/c1-2-7-15(13,14)9-5-3-8(4-6-9)10(11)12/h1,3-6H,7H2,(H,11,12). The molecule has 5 heteroatoms. The summed E-state index contributed by atoms with van der Waals surface area (Å²) in [6.45, 7) is 0. The van der Waals surface area contributed by atoms with E-state index in [1.54, 1.807) is 0 Å². The van der Waals surface area contributed by atoms with Gasteiger partial charge >= 0.3 is 5.97 Å². The fourth-order valence-corrected chi connectivity index (χ4v) is 1.93. The monoisotopic (exact) mass is 224 g/mol. The molecule has 0 aliphatic carbocycles. The second-order valence-corrected chi connectivity index (χ2v) is 4.78. The number of terminal acetylenes is 1. The van der Waals surface area contributed by atoms with Crippen LogP contribution < -0.4 is 0 Å². The second-order valence-electron chi connectivity index (χ2n) is 2.79. The van der Waals surface area contributed by atoms with Crippen molar-refractivity contribution in [3.05, 3.63) is 29.8 Å². The number of carbonyl (C=O) groups is 1. The number of sulfone groups is 1. The molecule has 0 unspecified atom stereocenters. The van der Waals surface area contributed by atoms with Crippen LogP contribution in [0.25, 0.3) is 0 Å². The number of aromatic carboxylic acids is 1. The van der Waals surface area contributed by atoms with Crippen molar-refractivity contribution in [2.45, 2.75) is 4.90 Å². The van der Waals surface area contributed by atoms with Gasteiger partial charge in [-0.25, -0.2) is 13.2 Å². The van der Waals surface area contributed by atoms with Gasteiger partial charge in [0.2, 0.25) is 0 Å². The summed E-state index contributed by atoms with van der Waals surface area (Å²) in [6, 6.07) is 4.92. The van der Waals surface area contributed by atoms with Crippen LogP contribution in [0.1, 0.15) is 10.4 Å². The van der Waals surface area contributed by atoms with E-state index in [2.05, 4.69) is 0 Å². The van der Waals surface area contributed by atoms with Crippen molar-refractivity contribution in [1.29, 1.82) is 0 Å². The highest BCUT2D eigenvalue weighted by molar-refractivity contribution is 7.91. The molecule has 0 amide bonds. The fraction of sp³-hybridized carbons (Fsp3) is 0.100. The molecule has 0 fully saturated rings. The number of benzene rings is 1. The van der Waals surface area contributed by atoms with Crippen molar-refractivity contribution in [1.82, 2.24) is 0 Å². The van der Waals surface area contributed by atoms with Crippen LogP contribution in [0.5, 0.6) is 0 Å². The van der Waals surface area contributed by atoms with E-state index >= 15 is 0 Å².